The Morgan fingerprint density at radius 2 is 2.12 bits per heavy atom. The lowest BCUT2D eigenvalue weighted by Gasteiger charge is -2.09. The maximum Gasteiger partial charge on any atom is 0.309 e. The van der Waals surface area contributed by atoms with Crippen LogP contribution in [0.2, 0.25) is 0 Å². The number of rotatable bonds is 6. The largest absolute Gasteiger partial charge is 0.506 e. The van der Waals surface area contributed by atoms with Crippen LogP contribution in [0.4, 0.5) is 11.4 Å². The second-order valence-electron chi connectivity index (χ2n) is 5.18. The van der Waals surface area contributed by atoms with Gasteiger partial charge in [0.1, 0.15) is 24.2 Å². The van der Waals surface area contributed by atoms with Crippen LogP contribution in [0.1, 0.15) is 12.6 Å². The van der Waals surface area contributed by atoms with E-state index in [0.717, 1.165) is 16.9 Å². The van der Waals surface area contributed by atoms with Gasteiger partial charge >= 0.3 is 5.69 Å². The van der Waals surface area contributed by atoms with Crippen molar-refractivity contribution >= 4 is 27.1 Å². The van der Waals surface area contributed by atoms with Gasteiger partial charge in [-0.25, -0.2) is 8.42 Å². The third-order valence-corrected chi connectivity index (χ3v) is 5.14. The molecule has 2 rings (SSSR count). The summed E-state index contributed by atoms with van der Waals surface area (Å²) < 4.78 is 24.8. The summed E-state index contributed by atoms with van der Waals surface area (Å²) in [5.74, 6) is -1.05. The monoisotopic (exact) mass is 368 g/mol. The predicted octanol–water partition coefficient (Wildman–Crippen LogP) is 1.24. The highest BCUT2D eigenvalue weighted by molar-refractivity contribution is 7.91. The zero-order valence-electron chi connectivity index (χ0n) is 13.5. The second-order valence-corrected chi connectivity index (χ2v) is 7.46. The number of nitrogens with zero attached hydrogens (tertiary/aromatic N) is 3. The van der Waals surface area contributed by atoms with Crippen LogP contribution < -0.4 is 5.32 Å². The SMILES string of the molecule is CCS(=O)(=O)c1ccc(O)c(NC(=O)Cn2cc([N+](=O)[O-])c(C)n2)c1. The highest BCUT2D eigenvalue weighted by atomic mass is 32.2. The van der Waals surface area contributed by atoms with Crippen LogP contribution in [0.5, 0.6) is 5.75 Å². The van der Waals surface area contributed by atoms with Crippen LogP contribution in [0.15, 0.2) is 29.3 Å². The zero-order chi connectivity index (χ0) is 18.8. The van der Waals surface area contributed by atoms with E-state index in [9.17, 15) is 28.4 Å². The van der Waals surface area contributed by atoms with Gasteiger partial charge in [-0.05, 0) is 25.1 Å². The molecule has 0 aliphatic heterocycles. The van der Waals surface area contributed by atoms with Crippen LogP contribution in [0.3, 0.4) is 0 Å². The van der Waals surface area contributed by atoms with Crippen molar-refractivity contribution in [3.63, 3.8) is 0 Å². The summed E-state index contributed by atoms with van der Waals surface area (Å²) in [5.41, 5.74) is -0.124. The van der Waals surface area contributed by atoms with E-state index in [1.807, 2.05) is 0 Å². The van der Waals surface area contributed by atoms with E-state index in [0.29, 0.717) is 0 Å². The quantitative estimate of drug-likeness (QED) is 0.443. The fourth-order valence-electron chi connectivity index (χ4n) is 2.08. The van der Waals surface area contributed by atoms with E-state index in [4.69, 9.17) is 0 Å². The van der Waals surface area contributed by atoms with Crippen molar-refractivity contribution < 1.29 is 23.2 Å². The lowest BCUT2D eigenvalue weighted by atomic mass is 10.3. The Morgan fingerprint density at radius 3 is 2.68 bits per heavy atom. The molecule has 0 spiro atoms. The van der Waals surface area contributed by atoms with Gasteiger partial charge in [-0.1, -0.05) is 6.92 Å². The normalized spacial score (nSPS) is 11.3. The summed E-state index contributed by atoms with van der Waals surface area (Å²) in [6.07, 6.45) is 1.12. The smallest absolute Gasteiger partial charge is 0.309 e. The van der Waals surface area contributed by atoms with Crippen LogP contribution in [-0.4, -0.2) is 39.9 Å². The molecule has 0 saturated heterocycles. The van der Waals surface area contributed by atoms with E-state index < -0.39 is 20.7 Å². The first kappa shape index (κ1) is 18.4. The van der Waals surface area contributed by atoms with Crippen molar-refractivity contribution in [2.45, 2.75) is 25.3 Å². The fraction of sp³-hybridized carbons (Fsp3) is 0.286. The molecule has 0 radical (unpaired) electrons. The van der Waals surface area contributed by atoms with Crippen LogP contribution in [-0.2, 0) is 21.2 Å². The van der Waals surface area contributed by atoms with Crippen molar-refractivity contribution in [3.05, 3.63) is 40.2 Å². The zero-order valence-corrected chi connectivity index (χ0v) is 14.3. The number of sulfone groups is 1. The summed E-state index contributed by atoms with van der Waals surface area (Å²) in [6, 6.07) is 3.56. The lowest BCUT2D eigenvalue weighted by Crippen LogP contribution is -2.19. The van der Waals surface area contributed by atoms with E-state index in [1.54, 1.807) is 0 Å². The molecule has 0 unspecified atom stereocenters. The minimum atomic E-state index is -3.50. The molecule has 0 atom stereocenters. The molecule has 1 aromatic heterocycles. The molecule has 134 valence electrons. The number of benzene rings is 1. The van der Waals surface area contributed by atoms with Crippen LogP contribution in [0.25, 0.3) is 0 Å². The molecule has 2 aromatic rings. The molecule has 0 saturated carbocycles. The first-order valence-corrected chi connectivity index (χ1v) is 8.83. The standard InChI is InChI=1S/C14H16N4O6S/c1-3-25(23,24)10-4-5-13(19)11(6-10)15-14(20)8-17-7-12(18(21)22)9(2)16-17/h4-7,19H,3,8H2,1-2H3,(H,15,20). The first-order chi connectivity index (χ1) is 11.6. The van der Waals surface area contributed by atoms with Gasteiger partial charge in [0.25, 0.3) is 0 Å². The minimum Gasteiger partial charge on any atom is -0.506 e. The number of aromatic nitrogens is 2. The number of carbonyl (C=O) groups is 1. The molecule has 1 heterocycles. The topological polar surface area (TPSA) is 144 Å². The molecule has 1 amide bonds. The van der Waals surface area contributed by atoms with Gasteiger partial charge in [0, 0.05) is 0 Å². The Morgan fingerprint density at radius 1 is 1.44 bits per heavy atom. The maximum absolute atomic E-state index is 12.1. The number of aromatic hydroxyl groups is 1. The van der Waals surface area contributed by atoms with Gasteiger partial charge in [0.15, 0.2) is 9.84 Å². The average Bonchev–Trinajstić information content (AvgIpc) is 2.89. The van der Waals surface area contributed by atoms with Gasteiger partial charge in [-0.3, -0.25) is 19.6 Å². The molecule has 2 N–H and O–H groups in total. The second kappa shape index (κ2) is 6.89. The number of carbonyl (C=O) groups excluding carboxylic acids is 1. The Bertz CT molecular complexity index is 935. The maximum atomic E-state index is 12.1. The van der Waals surface area contributed by atoms with E-state index in [-0.39, 0.29) is 40.0 Å². The molecule has 1 aromatic carbocycles. The number of nitrogens with one attached hydrogen (secondary N) is 1. The van der Waals surface area contributed by atoms with Gasteiger partial charge in [0.2, 0.25) is 5.91 Å². The van der Waals surface area contributed by atoms with E-state index in [1.165, 1.54) is 26.0 Å². The van der Waals surface area contributed by atoms with Crippen molar-refractivity contribution in [2.75, 3.05) is 11.1 Å². The van der Waals surface area contributed by atoms with E-state index in [2.05, 4.69) is 10.4 Å². The first-order valence-electron chi connectivity index (χ1n) is 7.18. The molecule has 11 heteroatoms. The molecular weight excluding hydrogens is 352 g/mol. The third-order valence-electron chi connectivity index (χ3n) is 3.40. The van der Waals surface area contributed by atoms with Crippen molar-refractivity contribution in [2.24, 2.45) is 0 Å². The number of hydrogen-bond acceptors (Lipinski definition) is 7. The lowest BCUT2D eigenvalue weighted by molar-refractivity contribution is -0.385. The average molecular weight is 368 g/mol. The van der Waals surface area contributed by atoms with Crippen molar-refractivity contribution in [3.8, 4) is 5.75 Å². The van der Waals surface area contributed by atoms with Gasteiger partial charge in [0.05, 0.1) is 21.3 Å². The highest BCUT2D eigenvalue weighted by Gasteiger charge is 2.18. The molecule has 0 fully saturated rings. The van der Waals surface area contributed by atoms with Gasteiger partial charge in [-0.2, -0.15) is 5.10 Å². The summed E-state index contributed by atoms with van der Waals surface area (Å²) in [7, 11) is -3.50. The molecule has 10 nitrogen and oxygen atoms in total. The Hall–Kier alpha value is -2.95. The number of phenolic OH excluding ortho intramolecular Hbond substituents is 1. The Kier molecular flexibility index (Phi) is 5.07. The number of hydrogen-bond donors (Lipinski definition) is 2. The summed E-state index contributed by atoms with van der Waals surface area (Å²) in [5, 5.41) is 26.8. The van der Waals surface area contributed by atoms with Gasteiger partial charge in [-0.15, -0.1) is 0 Å². The Labute approximate surface area is 143 Å². The minimum absolute atomic E-state index is 0.0336. The summed E-state index contributed by atoms with van der Waals surface area (Å²) in [4.78, 5) is 22.2. The number of phenols is 1. The number of amides is 1. The number of aryl methyl sites for hydroxylation is 1. The van der Waals surface area contributed by atoms with E-state index >= 15 is 0 Å². The molecule has 25 heavy (non-hydrogen) atoms. The molecular formula is C14H16N4O6S. The molecule has 0 bridgehead atoms. The van der Waals surface area contributed by atoms with Crippen LogP contribution >= 0.6 is 0 Å². The van der Waals surface area contributed by atoms with Gasteiger partial charge < -0.3 is 10.4 Å². The van der Waals surface area contributed by atoms with Crippen molar-refractivity contribution in [1.82, 2.24) is 9.78 Å². The number of nitro groups is 1. The predicted molar refractivity (Wildman–Crippen MR) is 88.1 cm³/mol. The summed E-state index contributed by atoms with van der Waals surface area (Å²) >= 11 is 0. The molecule has 0 aliphatic rings. The van der Waals surface area contributed by atoms with Crippen LogP contribution in [0, 0.1) is 17.0 Å². The third kappa shape index (κ3) is 4.12. The Balaban J connectivity index is 2.19. The fourth-order valence-corrected chi connectivity index (χ4v) is 2.99. The molecule has 0 aliphatic carbocycles. The summed E-state index contributed by atoms with van der Waals surface area (Å²) in [6.45, 7) is 2.59. The highest BCUT2D eigenvalue weighted by Crippen LogP contribution is 2.27. The number of anilines is 1. The van der Waals surface area contributed by atoms with Crippen molar-refractivity contribution in [1.29, 1.82) is 0 Å².